The van der Waals surface area contributed by atoms with Crippen LogP contribution in [0, 0.1) is 0 Å². The molecule has 0 unspecified atom stereocenters. The van der Waals surface area contributed by atoms with Crippen LogP contribution in [0.25, 0.3) is 22.1 Å². The van der Waals surface area contributed by atoms with Crippen molar-refractivity contribution in [1.82, 2.24) is 19.9 Å². The fraction of sp³-hybridized carbons (Fsp3) is 0. The van der Waals surface area contributed by atoms with Crippen LogP contribution >= 0.6 is 41.2 Å². The summed E-state index contributed by atoms with van der Waals surface area (Å²) in [7, 11) is 6.58. The molecule has 4 rings (SSSR count). The first-order valence-corrected chi connectivity index (χ1v) is 11.3. The van der Waals surface area contributed by atoms with E-state index < -0.39 is 0 Å². The van der Waals surface area contributed by atoms with E-state index in [1.54, 1.807) is 41.2 Å². The predicted octanol–water partition coefficient (Wildman–Crippen LogP) is 5.54. The minimum absolute atomic E-state index is 0.920. The summed E-state index contributed by atoms with van der Waals surface area (Å²) in [4.78, 5) is 15.7. The normalized spacial score (nSPS) is 11.5. The van der Waals surface area contributed by atoms with Crippen LogP contribution < -0.4 is 0 Å². The highest BCUT2D eigenvalue weighted by Gasteiger charge is 2.06. The van der Waals surface area contributed by atoms with Crippen molar-refractivity contribution < 1.29 is 0 Å². The predicted molar refractivity (Wildman–Crippen MR) is 99.1 cm³/mol. The van der Waals surface area contributed by atoms with Gasteiger partial charge in [0.1, 0.15) is 0 Å². The zero-order valence-electron chi connectivity index (χ0n) is 11.1. The molecule has 2 aromatic heterocycles. The number of nitrogens with zero attached hydrogens (tertiary/aromatic N) is 2. The summed E-state index contributed by atoms with van der Waals surface area (Å²) in [6.45, 7) is 0. The van der Waals surface area contributed by atoms with E-state index in [-0.39, 0.29) is 0 Å². The Kier molecular flexibility index (Phi) is 4.24. The molecule has 0 fully saturated rings. The third-order valence-corrected chi connectivity index (χ3v) is 8.63. The Morgan fingerprint density at radius 2 is 1.09 bits per heavy atom. The number of fused-ring (bicyclic) bond motifs is 2. The van der Waals surface area contributed by atoms with Crippen molar-refractivity contribution in [3.8, 4) is 0 Å². The van der Waals surface area contributed by atoms with Crippen molar-refractivity contribution in [2.45, 2.75) is 10.3 Å². The Morgan fingerprint density at radius 3 is 1.55 bits per heavy atom. The number of para-hydroxylation sites is 4. The van der Waals surface area contributed by atoms with Gasteiger partial charge in [0.2, 0.25) is 0 Å². The van der Waals surface area contributed by atoms with Crippen molar-refractivity contribution in [2.24, 2.45) is 0 Å². The van der Waals surface area contributed by atoms with Gasteiger partial charge in [-0.1, -0.05) is 24.3 Å². The van der Waals surface area contributed by atoms with Gasteiger partial charge in [0, 0.05) is 0 Å². The number of nitrogens with one attached hydrogen (secondary N) is 2. The second-order valence-electron chi connectivity index (χ2n) is 4.42. The molecule has 0 spiro atoms. The lowest BCUT2D eigenvalue weighted by Gasteiger charge is -1.94. The van der Waals surface area contributed by atoms with Gasteiger partial charge in [-0.15, -0.1) is 0 Å². The molecule has 0 aliphatic carbocycles. The standard InChI is InChI=1S/C14H10N4S4/c1-2-6-10-9(5-1)15-13(16-10)19-21-22-20-14-17-11-7-3-4-8-12(11)18-14/h1-8H,(H,15,16)(H,17,18). The van der Waals surface area contributed by atoms with E-state index >= 15 is 0 Å². The van der Waals surface area contributed by atoms with Gasteiger partial charge in [-0.25, -0.2) is 9.97 Å². The molecule has 0 atom stereocenters. The van der Waals surface area contributed by atoms with Gasteiger partial charge < -0.3 is 9.97 Å². The summed E-state index contributed by atoms with van der Waals surface area (Å²) < 4.78 is 0. The average Bonchev–Trinajstić information content (AvgIpc) is 3.14. The van der Waals surface area contributed by atoms with Gasteiger partial charge in [0.05, 0.1) is 22.1 Å². The minimum Gasteiger partial charge on any atom is -0.332 e. The van der Waals surface area contributed by atoms with Gasteiger partial charge in [-0.3, -0.25) is 0 Å². The van der Waals surface area contributed by atoms with Gasteiger partial charge in [-0.2, -0.15) is 0 Å². The number of rotatable bonds is 5. The van der Waals surface area contributed by atoms with Crippen LogP contribution in [0.3, 0.4) is 0 Å². The second kappa shape index (κ2) is 6.49. The van der Waals surface area contributed by atoms with Crippen molar-refractivity contribution in [1.29, 1.82) is 0 Å². The fourth-order valence-electron chi connectivity index (χ4n) is 2.03. The smallest absolute Gasteiger partial charge is 0.178 e. The van der Waals surface area contributed by atoms with E-state index in [1.807, 2.05) is 48.5 Å². The highest BCUT2D eigenvalue weighted by molar-refractivity contribution is 9.26. The molecule has 0 radical (unpaired) electrons. The van der Waals surface area contributed by atoms with Crippen molar-refractivity contribution in [3.05, 3.63) is 48.5 Å². The quantitative estimate of drug-likeness (QED) is 0.359. The van der Waals surface area contributed by atoms with Crippen LogP contribution in [0.5, 0.6) is 0 Å². The molecule has 0 bridgehead atoms. The molecule has 2 N–H and O–H groups in total. The zero-order valence-corrected chi connectivity index (χ0v) is 14.4. The van der Waals surface area contributed by atoms with E-state index in [2.05, 4.69) is 19.9 Å². The lowest BCUT2D eigenvalue weighted by atomic mass is 10.3. The Labute approximate surface area is 141 Å². The van der Waals surface area contributed by atoms with Crippen LogP contribution in [-0.2, 0) is 0 Å². The number of hydrogen-bond acceptors (Lipinski definition) is 6. The number of aromatic nitrogens is 4. The molecular weight excluding hydrogens is 352 g/mol. The first-order valence-electron chi connectivity index (χ1n) is 6.46. The summed E-state index contributed by atoms with van der Waals surface area (Å²) in [6.07, 6.45) is 0. The number of aromatic amines is 2. The Morgan fingerprint density at radius 1 is 0.636 bits per heavy atom. The summed E-state index contributed by atoms with van der Waals surface area (Å²) in [5.41, 5.74) is 4.14. The SMILES string of the molecule is c1ccc2[nH]c(SSSSc3nc4ccccc4[nH]3)nc2c1. The topological polar surface area (TPSA) is 57.4 Å². The molecule has 0 aliphatic heterocycles. The van der Waals surface area contributed by atoms with Crippen LogP contribution in [0.15, 0.2) is 58.8 Å². The van der Waals surface area contributed by atoms with Crippen molar-refractivity contribution in [2.75, 3.05) is 0 Å². The molecule has 22 heavy (non-hydrogen) atoms. The van der Waals surface area contributed by atoms with Crippen molar-refractivity contribution >= 4 is 63.3 Å². The molecule has 4 aromatic rings. The van der Waals surface area contributed by atoms with Crippen LogP contribution in [0.1, 0.15) is 0 Å². The average molecular weight is 363 g/mol. The Hall–Kier alpha value is -1.22. The molecular formula is C14H10N4S4. The number of H-pyrrole nitrogens is 2. The van der Waals surface area contributed by atoms with E-state index in [9.17, 15) is 0 Å². The molecule has 8 heteroatoms. The number of hydrogen-bond donors (Lipinski definition) is 2. The van der Waals surface area contributed by atoms with Crippen LogP contribution in [-0.4, -0.2) is 19.9 Å². The third-order valence-electron chi connectivity index (χ3n) is 2.99. The van der Waals surface area contributed by atoms with Crippen molar-refractivity contribution in [3.63, 3.8) is 0 Å². The Bertz CT molecular complexity index is 775. The maximum Gasteiger partial charge on any atom is 0.178 e. The van der Waals surface area contributed by atoms with Gasteiger partial charge in [-0.05, 0) is 65.5 Å². The molecule has 2 heterocycles. The third kappa shape index (κ3) is 3.10. The van der Waals surface area contributed by atoms with Crippen LogP contribution in [0.4, 0.5) is 0 Å². The maximum absolute atomic E-state index is 4.53. The van der Waals surface area contributed by atoms with Gasteiger partial charge >= 0.3 is 0 Å². The first kappa shape index (κ1) is 14.4. The Balaban J connectivity index is 1.35. The molecule has 4 nitrogen and oxygen atoms in total. The van der Waals surface area contributed by atoms with Crippen LogP contribution in [0.2, 0.25) is 0 Å². The fourth-order valence-corrected chi connectivity index (χ4v) is 6.98. The highest BCUT2D eigenvalue weighted by Crippen LogP contribution is 2.48. The summed E-state index contributed by atoms with van der Waals surface area (Å²) in [6, 6.07) is 16.1. The summed E-state index contributed by atoms with van der Waals surface area (Å²) >= 11 is 0. The summed E-state index contributed by atoms with van der Waals surface area (Å²) in [5.74, 6) is 0. The summed E-state index contributed by atoms with van der Waals surface area (Å²) in [5, 5.41) is 1.84. The molecule has 2 aromatic carbocycles. The lowest BCUT2D eigenvalue weighted by Crippen LogP contribution is -1.68. The monoisotopic (exact) mass is 362 g/mol. The van der Waals surface area contributed by atoms with Gasteiger partial charge in [0.15, 0.2) is 10.3 Å². The molecule has 0 amide bonds. The van der Waals surface area contributed by atoms with E-state index in [0.717, 1.165) is 32.4 Å². The maximum atomic E-state index is 4.53. The molecule has 110 valence electrons. The van der Waals surface area contributed by atoms with E-state index in [4.69, 9.17) is 0 Å². The minimum atomic E-state index is 0.920. The molecule has 0 aliphatic rings. The number of imidazole rings is 2. The zero-order chi connectivity index (χ0) is 14.8. The number of benzene rings is 2. The highest BCUT2D eigenvalue weighted by atomic mass is 33.7. The van der Waals surface area contributed by atoms with E-state index in [1.165, 1.54) is 0 Å². The first-order chi connectivity index (χ1) is 10.9. The van der Waals surface area contributed by atoms with Gasteiger partial charge in [0.25, 0.3) is 0 Å². The molecule has 0 saturated carbocycles. The molecule has 0 saturated heterocycles. The largest absolute Gasteiger partial charge is 0.332 e. The van der Waals surface area contributed by atoms with E-state index in [0.29, 0.717) is 0 Å². The second-order valence-corrected chi connectivity index (χ2v) is 10.1. The lowest BCUT2D eigenvalue weighted by molar-refractivity contribution is 1.09.